The molecule has 1 rings (SSSR count). The van der Waals surface area contributed by atoms with Crippen LogP contribution in [0, 0.1) is 11.7 Å². The number of hydrogen-bond acceptors (Lipinski definition) is 3. The summed E-state index contributed by atoms with van der Waals surface area (Å²) in [5, 5.41) is 8.78. The molecule has 7 heteroatoms. The average molecular weight is 317 g/mol. The molecule has 0 amide bonds. The third-order valence-electron chi connectivity index (χ3n) is 3.36. The first-order valence-corrected chi connectivity index (χ1v) is 8.21. The van der Waals surface area contributed by atoms with Gasteiger partial charge in [0.15, 0.2) is 0 Å². The highest BCUT2D eigenvalue weighted by Crippen LogP contribution is 2.22. The van der Waals surface area contributed by atoms with Gasteiger partial charge in [-0.05, 0) is 24.1 Å². The normalized spacial score (nSPS) is 13.4. The number of carbonyl (C=O) groups is 1. The minimum absolute atomic E-state index is 0.154. The largest absolute Gasteiger partial charge is 0.478 e. The molecule has 0 aliphatic rings. The predicted molar refractivity (Wildman–Crippen MR) is 77.2 cm³/mol. The molecule has 1 atom stereocenters. The van der Waals surface area contributed by atoms with Gasteiger partial charge in [-0.25, -0.2) is 17.6 Å². The van der Waals surface area contributed by atoms with Crippen LogP contribution in [0.25, 0.3) is 0 Å². The minimum atomic E-state index is -3.96. The molecule has 1 unspecified atom stereocenters. The Morgan fingerprint density at radius 3 is 2.43 bits per heavy atom. The zero-order valence-electron chi connectivity index (χ0n) is 12.3. The number of rotatable bonds is 7. The number of nitrogens with zero attached hydrogens (tertiary/aromatic N) is 1. The van der Waals surface area contributed by atoms with Crippen molar-refractivity contribution >= 4 is 16.0 Å². The zero-order chi connectivity index (χ0) is 16.2. The van der Waals surface area contributed by atoms with Crippen molar-refractivity contribution in [1.82, 2.24) is 4.31 Å². The summed E-state index contributed by atoms with van der Waals surface area (Å²) in [6, 6.07) is 2.83. The topological polar surface area (TPSA) is 74.7 Å². The number of carboxylic acid groups (broad SMARTS) is 1. The Bertz CT molecular complexity index is 615. The van der Waals surface area contributed by atoms with Crippen LogP contribution in [0.15, 0.2) is 23.1 Å². The summed E-state index contributed by atoms with van der Waals surface area (Å²) in [6.45, 7) is 6.08. The average Bonchev–Trinajstić information content (AvgIpc) is 2.43. The Morgan fingerprint density at radius 2 is 2.00 bits per heavy atom. The Labute approximate surface area is 124 Å². The summed E-state index contributed by atoms with van der Waals surface area (Å²) in [6.07, 6.45) is 0.812. The summed E-state index contributed by atoms with van der Waals surface area (Å²) in [7, 11) is -3.96. The van der Waals surface area contributed by atoms with E-state index >= 15 is 0 Å². The Balaban J connectivity index is 3.20. The fourth-order valence-corrected chi connectivity index (χ4v) is 3.47. The van der Waals surface area contributed by atoms with E-state index in [1.54, 1.807) is 6.92 Å². The summed E-state index contributed by atoms with van der Waals surface area (Å²) in [5.41, 5.74) is -0.281. The van der Waals surface area contributed by atoms with Crippen molar-refractivity contribution in [1.29, 1.82) is 0 Å². The van der Waals surface area contributed by atoms with E-state index in [1.807, 2.05) is 13.8 Å². The summed E-state index contributed by atoms with van der Waals surface area (Å²) in [5.74, 6) is -2.19. The SMILES string of the molecule is CCC(C)CN(CC)S(=O)(=O)c1ccc(C(=O)O)cc1F. The van der Waals surface area contributed by atoms with Gasteiger partial charge < -0.3 is 5.11 Å². The molecule has 0 radical (unpaired) electrons. The highest BCUT2D eigenvalue weighted by atomic mass is 32.2. The molecule has 1 aromatic rings. The van der Waals surface area contributed by atoms with Crippen LogP contribution in [-0.4, -0.2) is 36.9 Å². The van der Waals surface area contributed by atoms with Gasteiger partial charge >= 0.3 is 5.97 Å². The van der Waals surface area contributed by atoms with E-state index in [0.29, 0.717) is 6.54 Å². The van der Waals surface area contributed by atoms with Crippen LogP contribution in [0.2, 0.25) is 0 Å². The first-order valence-electron chi connectivity index (χ1n) is 6.77. The van der Waals surface area contributed by atoms with Crippen molar-refractivity contribution < 1.29 is 22.7 Å². The third kappa shape index (κ3) is 4.01. The Kier molecular flexibility index (Phi) is 5.86. The van der Waals surface area contributed by atoms with Gasteiger partial charge in [-0.15, -0.1) is 0 Å². The van der Waals surface area contributed by atoms with Crippen LogP contribution >= 0.6 is 0 Å². The third-order valence-corrected chi connectivity index (χ3v) is 5.34. The number of aromatic carboxylic acids is 1. The molecule has 0 spiro atoms. The molecule has 0 aromatic heterocycles. The maximum atomic E-state index is 14.0. The molecule has 5 nitrogen and oxygen atoms in total. The van der Waals surface area contributed by atoms with Gasteiger partial charge in [0.25, 0.3) is 0 Å². The monoisotopic (exact) mass is 317 g/mol. The van der Waals surface area contributed by atoms with Gasteiger partial charge in [0.1, 0.15) is 10.7 Å². The zero-order valence-corrected chi connectivity index (χ0v) is 13.2. The van der Waals surface area contributed by atoms with Crippen LogP contribution in [0.4, 0.5) is 4.39 Å². The van der Waals surface area contributed by atoms with Crippen LogP contribution in [-0.2, 0) is 10.0 Å². The van der Waals surface area contributed by atoms with E-state index in [4.69, 9.17) is 5.11 Å². The molecule has 0 saturated heterocycles. The highest BCUT2D eigenvalue weighted by Gasteiger charge is 2.27. The van der Waals surface area contributed by atoms with Crippen molar-refractivity contribution in [3.8, 4) is 0 Å². The van der Waals surface area contributed by atoms with Crippen molar-refractivity contribution in [2.45, 2.75) is 32.1 Å². The standard InChI is InChI=1S/C14H20FNO4S/c1-4-10(3)9-16(5-2)21(19,20)13-7-6-11(14(17)18)8-12(13)15/h6-8,10H,4-5,9H2,1-3H3,(H,17,18). The summed E-state index contributed by atoms with van der Waals surface area (Å²) in [4.78, 5) is 10.3. The second kappa shape index (κ2) is 7.00. The van der Waals surface area contributed by atoms with Crippen molar-refractivity contribution in [3.63, 3.8) is 0 Å². The lowest BCUT2D eigenvalue weighted by atomic mass is 10.1. The van der Waals surface area contributed by atoms with Crippen LogP contribution in [0.1, 0.15) is 37.6 Å². The predicted octanol–water partition coefficient (Wildman–Crippen LogP) is 2.58. The second-order valence-corrected chi connectivity index (χ2v) is 6.83. The molecule has 0 heterocycles. The molecule has 21 heavy (non-hydrogen) atoms. The highest BCUT2D eigenvalue weighted by molar-refractivity contribution is 7.89. The maximum absolute atomic E-state index is 14.0. The molecular weight excluding hydrogens is 297 g/mol. The van der Waals surface area contributed by atoms with Gasteiger partial charge in [0.2, 0.25) is 10.0 Å². The van der Waals surface area contributed by atoms with Crippen molar-refractivity contribution in [2.75, 3.05) is 13.1 Å². The van der Waals surface area contributed by atoms with E-state index < -0.39 is 26.7 Å². The molecule has 0 aliphatic heterocycles. The molecule has 0 aliphatic carbocycles. The van der Waals surface area contributed by atoms with E-state index in [0.717, 1.165) is 24.6 Å². The fourth-order valence-electron chi connectivity index (χ4n) is 1.86. The smallest absolute Gasteiger partial charge is 0.335 e. The number of sulfonamides is 1. The van der Waals surface area contributed by atoms with Crippen molar-refractivity contribution in [2.24, 2.45) is 5.92 Å². The van der Waals surface area contributed by atoms with Gasteiger partial charge in [0, 0.05) is 13.1 Å². The van der Waals surface area contributed by atoms with Crippen LogP contribution in [0.3, 0.4) is 0 Å². The first kappa shape index (κ1) is 17.6. The van der Waals surface area contributed by atoms with Crippen molar-refractivity contribution in [3.05, 3.63) is 29.6 Å². The molecule has 1 N–H and O–H groups in total. The number of hydrogen-bond donors (Lipinski definition) is 1. The molecule has 0 bridgehead atoms. The molecular formula is C14H20FNO4S. The maximum Gasteiger partial charge on any atom is 0.335 e. The van der Waals surface area contributed by atoms with E-state index in [2.05, 4.69) is 0 Å². The minimum Gasteiger partial charge on any atom is -0.478 e. The van der Waals surface area contributed by atoms with Crippen LogP contribution in [0.5, 0.6) is 0 Å². The van der Waals surface area contributed by atoms with E-state index in [9.17, 15) is 17.6 Å². The van der Waals surface area contributed by atoms with Gasteiger partial charge in [-0.3, -0.25) is 0 Å². The quantitative estimate of drug-likeness (QED) is 0.839. The number of halogens is 1. The summed E-state index contributed by atoms with van der Waals surface area (Å²) < 4.78 is 40.1. The fraction of sp³-hybridized carbons (Fsp3) is 0.500. The molecule has 1 aromatic carbocycles. The molecule has 0 fully saturated rings. The number of benzene rings is 1. The van der Waals surface area contributed by atoms with Gasteiger partial charge in [-0.1, -0.05) is 27.2 Å². The molecule has 118 valence electrons. The lowest BCUT2D eigenvalue weighted by Crippen LogP contribution is -2.35. The Hall–Kier alpha value is -1.47. The first-order chi connectivity index (χ1) is 9.73. The summed E-state index contributed by atoms with van der Waals surface area (Å²) >= 11 is 0. The lowest BCUT2D eigenvalue weighted by Gasteiger charge is -2.23. The van der Waals surface area contributed by atoms with E-state index in [1.165, 1.54) is 4.31 Å². The second-order valence-electron chi connectivity index (χ2n) is 4.92. The Morgan fingerprint density at radius 1 is 1.38 bits per heavy atom. The number of carboxylic acids is 1. The molecule has 0 saturated carbocycles. The van der Waals surface area contributed by atoms with Gasteiger partial charge in [0.05, 0.1) is 5.56 Å². The van der Waals surface area contributed by atoms with Gasteiger partial charge in [-0.2, -0.15) is 4.31 Å². The van der Waals surface area contributed by atoms with Crippen LogP contribution < -0.4 is 0 Å². The lowest BCUT2D eigenvalue weighted by molar-refractivity contribution is 0.0696. The van der Waals surface area contributed by atoms with E-state index in [-0.39, 0.29) is 18.0 Å².